The number of carbonyl (C=O) groups excluding carboxylic acids is 1. The lowest BCUT2D eigenvalue weighted by Crippen LogP contribution is -2.11. The van der Waals surface area contributed by atoms with E-state index in [0.29, 0.717) is 5.75 Å². The molecular weight excluding hydrogens is 259 g/mol. The summed E-state index contributed by atoms with van der Waals surface area (Å²) in [6, 6.07) is 8.38. The van der Waals surface area contributed by atoms with Crippen LogP contribution < -0.4 is 10.5 Å². The fourth-order valence-electron chi connectivity index (χ4n) is 1.76. The molecule has 0 aliphatic carbocycles. The molecule has 2 rings (SSSR count). The lowest BCUT2D eigenvalue weighted by Gasteiger charge is -2.07. The van der Waals surface area contributed by atoms with Crippen LogP contribution in [0.25, 0.3) is 0 Å². The molecule has 0 saturated heterocycles. The first kappa shape index (κ1) is 14.0. The number of primary amides is 1. The minimum absolute atomic E-state index is 0.00754. The summed E-state index contributed by atoms with van der Waals surface area (Å²) in [6.07, 6.45) is 3.23. The molecule has 104 valence electrons. The summed E-state index contributed by atoms with van der Waals surface area (Å²) in [5, 5.41) is 0. The number of halogens is 1. The van der Waals surface area contributed by atoms with Gasteiger partial charge in [0.1, 0.15) is 5.75 Å². The van der Waals surface area contributed by atoms with Gasteiger partial charge in [-0.15, -0.1) is 0 Å². The topological polar surface area (TPSA) is 65.2 Å². The number of aromatic nitrogens is 1. The molecule has 5 heteroatoms. The van der Waals surface area contributed by atoms with Crippen molar-refractivity contribution in [2.45, 2.75) is 19.8 Å². The van der Waals surface area contributed by atoms with E-state index >= 15 is 0 Å². The van der Waals surface area contributed by atoms with E-state index in [4.69, 9.17) is 10.5 Å². The van der Waals surface area contributed by atoms with E-state index in [2.05, 4.69) is 11.9 Å². The molecule has 1 aromatic carbocycles. The number of amides is 1. The fraction of sp³-hybridized carbons (Fsp3) is 0.200. The zero-order chi connectivity index (χ0) is 14.5. The molecule has 1 amide bonds. The van der Waals surface area contributed by atoms with Crippen molar-refractivity contribution in [3.05, 3.63) is 53.5 Å². The maximum Gasteiger partial charge on any atom is 0.255 e. The van der Waals surface area contributed by atoms with Crippen molar-refractivity contribution in [2.75, 3.05) is 0 Å². The standard InChI is InChI=1S/C15H15FN2O2/c1-2-3-10-4-6-12(7-5-10)20-15-13(16)8-11(9-18-15)14(17)19/h4-9H,2-3H2,1H3,(H2,17,19). The molecule has 1 heterocycles. The highest BCUT2D eigenvalue weighted by Crippen LogP contribution is 2.23. The van der Waals surface area contributed by atoms with Crippen LogP contribution in [0.15, 0.2) is 36.5 Å². The number of nitrogens with two attached hydrogens (primary N) is 1. The van der Waals surface area contributed by atoms with E-state index < -0.39 is 11.7 Å². The SMILES string of the molecule is CCCc1ccc(Oc2ncc(C(N)=O)cc2F)cc1. The Hall–Kier alpha value is -2.43. The minimum Gasteiger partial charge on any atom is -0.436 e. The second kappa shape index (κ2) is 6.14. The summed E-state index contributed by atoms with van der Waals surface area (Å²) in [7, 11) is 0. The van der Waals surface area contributed by atoms with Crippen LogP contribution in [-0.4, -0.2) is 10.9 Å². The first-order valence-corrected chi connectivity index (χ1v) is 6.32. The summed E-state index contributed by atoms with van der Waals surface area (Å²) < 4.78 is 19.0. The third-order valence-electron chi connectivity index (χ3n) is 2.77. The molecule has 0 bridgehead atoms. The second-order valence-electron chi connectivity index (χ2n) is 4.37. The highest BCUT2D eigenvalue weighted by atomic mass is 19.1. The molecule has 0 radical (unpaired) electrons. The molecular formula is C15H15FN2O2. The van der Waals surface area contributed by atoms with Gasteiger partial charge in [-0.1, -0.05) is 25.5 Å². The van der Waals surface area contributed by atoms with E-state index in [9.17, 15) is 9.18 Å². The van der Waals surface area contributed by atoms with Gasteiger partial charge < -0.3 is 10.5 Å². The number of rotatable bonds is 5. The summed E-state index contributed by atoms with van der Waals surface area (Å²) >= 11 is 0. The van der Waals surface area contributed by atoms with Crippen LogP contribution in [0.2, 0.25) is 0 Å². The molecule has 2 N–H and O–H groups in total. The van der Waals surface area contributed by atoms with Gasteiger partial charge in [-0.05, 0) is 30.2 Å². The van der Waals surface area contributed by atoms with Crippen LogP contribution in [0.1, 0.15) is 29.3 Å². The first-order chi connectivity index (χ1) is 9.60. The van der Waals surface area contributed by atoms with Crippen molar-refractivity contribution in [1.29, 1.82) is 0 Å². The van der Waals surface area contributed by atoms with Crippen LogP contribution in [-0.2, 0) is 6.42 Å². The molecule has 20 heavy (non-hydrogen) atoms. The van der Waals surface area contributed by atoms with Gasteiger partial charge in [0.25, 0.3) is 5.88 Å². The smallest absolute Gasteiger partial charge is 0.255 e. The van der Waals surface area contributed by atoms with E-state index in [1.165, 1.54) is 11.8 Å². The molecule has 0 aliphatic rings. The predicted molar refractivity (Wildman–Crippen MR) is 73.2 cm³/mol. The fourth-order valence-corrected chi connectivity index (χ4v) is 1.76. The number of aryl methyl sites for hydroxylation is 1. The average molecular weight is 274 g/mol. The largest absolute Gasteiger partial charge is 0.436 e. The highest BCUT2D eigenvalue weighted by molar-refractivity contribution is 5.92. The summed E-state index contributed by atoms with van der Waals surface area (Å²) in [6.45, 7) is 2.10. The Kier molecular flexibility index (Phi) is 4.30. The minimum atomic E-state index is -0.730. The number of pyridine rings is 1. The van der Waals surface area contributed by atoms with E-state index in [1.54, 1.807) is 12.1 Å². The summed E-state index contributed by atoms with van der Waals surface area (Å²) in [5.41, 5.74) is 6.24. The molecule has 0 aliphatic heterocycles. The number of nitrogens with zero attached hydrogens (tertiary/aromatic N) is 1. The van der Waals surface area contributed by atoms with Crippen LogP contribution in [0.3, 0.4) is 0 Å². The first-order valence-electron chi connectivity index (χ1n) is 6.32. The Labute approximate surface area is 116 Å². The maximum atomic E-state index is 13.7. The molecule has 0 spiro atoms. The number of ether oxygens (including phenoxy) is 1. The molecule has 0 saturated carbocycles. The van der Waals surface area contributed by atoms with Crippen molar-refractivity contribution >= 4 is 5.91 Å². The lowest BCUT2D eigenvalue weighted by molar-refractivity contribution is 0.0999. The zero-order valence-corrected chi connectivity index (χ0v) is 11.1. The number of carbonyl (C=O) groups is 1. The van der Waals surface area contributed by atoms with Gasteiger partial charge in [-0.2, -0.15) is 0 Å². The van der Waals surface area contributed by atoms with Gasteiger partial charge in [-0.3, -0.25) is 4.79 Å². The van der Waals surface area contributed by atoms with Gasteiger partial charge in [-0.25, -0.2) is 9.37 Å². The van der Waals surface area contributed by atoms with Crippen LogP contribution >= 0.6 is 0 Å². The normalized spacial score (nSPS) is 10.3. The molecule has 0 atom stereocenters. The second-order valence-corrected chi connectivity index (χ2v) is 4.37. The monoisotopic (exact) mass is 274 g/mol. The molecule has 4 nitrogen and oxygen atoms in total. The maximum absolute atomic E-state index is 13.7. The molecule has 0 unspecified atom stereocenters. The highest BCUT2D eigenvalue weighted by Gasteiger charge is 2.10. The van der Waals surface area contributed by atoms with Gasteiger partial charge >= 0.3 is 0 Å². The quantitative estimate of drug-likeness (QED) is 0.911. The summed E-state index contributed by atoms with van der Waals surface area (Å²) in [4.78, 5) is 14.7. The van der Waals surface area contributed by atoms with Gasteiger partial charge in [0.05, 0.1) is 5.56 Å². The number of hydrogen-bond acceptors (Lipinski definition) is 3. The third-order valence-corrected chi connectivity index (χ3v) is 2.77. The molecule has 0 fully saturated rings. The Morgan fingerprint density at radius 3 is 2.60 bits per heavy atom. The van der Waals surface area contributed by atoms with Crippen molar-refractivity contribution in [2.24, 2.45) is 5.73 Å². The zero-order valence-electron chi connectivity index (χ0n) is 11.1. The lowest BCUT2D eigenvalue weighted by atomic mass is 10.1. The summed E-state index contributed by atoms with van der Waals surface area (Å²) in [5.74, 6) is -1.15. The van der Waals surface area contributed by atoms with Crippen LogP contribution in [0.4, 0.5) is 4.39 Å². The molecule has 1 aromatic heterocycles. The van der Waals surface area contributed by atoms with Crippen molar-refractivity contribution in [3.63, 3.8) is 0 Å². The van der Waals surface area contributed by atoms with Crippen LogP contribution in [0.5, 0.6) is 11.6 Å². The number of hydrogen-bond donors (Lipinski definition) is 1. The Morgan fingerprint density at radius 2 is 2.05 bits per heavy atom. The van der Waals surface area contributed by atoms with Gasteiger partial charge in [0.15, 0.2) is 5.82 Å². The van der Waals surface area contributed by atoms with E-state index in [1.807, 2.05) is 12.1 Å². The van der Waals surface area contributed by atoms with Crippen molar-refractivity contribution < 1.29 is 13.9 Å². The third kappa shape index (κ3) is 3.32. The van der Waals surface area contributed by atoms with Crippen molar-refractivity contribution in [1.82, 2.24) is 4.98 Å². The Balaban J connectivity index is 2.15. The molecule has 2 aromatic rings. The predicted octanol–water partition coefficient (Wildman–Crippen LogP) is 3.06. The van der Waals surface area contributed by atoms with Crippen molar-refractivity contribution in [3.8, 4) is 11.6 Å². The van der Waals surface area contributed by atoms with E-state index in [-0.39, 0.29) is 11.4 Å². The average Bonchev–Trinajstić information content (AvgIpc) is 2.43. The Bertz CT molecular complexity index is 612. The van der Waals surface area contributed by atoms with Gasteiger partial charge in [0.2, 0.25) is 5.91 Å². The Morgan fingerprint density at radius 1 is 1.35 bits per heavy atom. The number of benzene rings is 1. The van der Waals surface area contributed by atoms with Crippen LogP contribution in [0, 0.1) is 5.82 Å². The van der Waals surface area contributed by atoms with E-state index in [0.717, 1.165) is 18.9 Å². The van der Waals surface area contributed by atoms with Gasteiger partial charge in [0, 0.05) is 6.20 Å².